The summed E-state index contributed by atoms with van der Waals surface area (Å²) < 4.78 is 0. The van der Waals surface area contributed by atoms with Gasteiger partial charge in [0, 0.05) is 25.3 Å². The summed E-state index contributed by atoms with van der Waals surface area (Å²) in [5.41, 5.74) is 5.66. The van der Waals surface area contributed by atoms with Gasteiger partial charge in [-0.25, -0.2) is 0 Å². The van der Waals surface area contributed by atoms with Gasteiger partial charge in [0.2, 0.25) is 11.8 Å². The molecule has 1 atom stereocenters. The average molecular weight is 503 g/mol. The standard InChI is InChI=1S/C31H38N2O2S/c1-23(2)19-32-31(35)29(18-26-13-6-5-7-14-26)33(20-27-15-10-11-24(3)17-27)30(34)22-36-21-28-16-9-8-12-25(28)4/h5-17,23,29H,18-22H2,1-4H3,(H,32,35)/t29-/m0/s1. The topological polar surface area (TPSA) is 49.4 Å². The number of thioether (sulfide) groups is 1. The van der Waals surface area contributed by atoms with Crippen LogP contribution in [0, 0.1) is 19.8 Å². The van der Waals surface area contributed by atoms with Crippen LogP contribution in [-0.2, 0) is 28.3 Å². The third-order valence-corrected chi connectivity index (χ3v) is 7.10. The van der Waals surface area contributed by atoms with Crippen LogP contribution >= 0.6 is 11.8 Å². The highest BCUT2D eigenvalue weighted by Crippen LogP contribution is 2.20. The highest BCUT2D eigenvalue weighted by atomic mass is 32.2. The van der Waals surface area contributed by atoms with Gasteiger partial charge in [-0.2, -0.15) is 0 Å². The number of benzene rings is 3. The van der Waals surface area contributed by atoms with Gasteiger partial charge in [-0.1, -0.05) is 98.3 Å². The number of carbonyl (C=O) groups is 2. The molecule has 36 heavy (non-hydrogen) atoms. The van der Waals surface area contributed by atoms with Crippen LogP contribution in [0.4, 0.5) is 0 Å². The molecule has 3 aromatic carbocycles. The maximum atomic E-state index is 13.7. The molecule has 0 bridgehead atoms. The molecule has 3 rings (SSSR count). The minimum atomic E-state index is -0.585. The molecule has 0 saturated carbocycles. The van der Waals surface area contributed by atoms with E-state index in [0.29, 0.717) is 31.2 Å². The second kappa shape index (κ2) is 13.9. The molecule has 0 radical (unpaired) electrons. The Balaban J connectivity index is 1.85. The highest BCUT2D eigenvalue weighted by molar-refractivity contribution is 7.99. The monoisotopic (exact) mass is 502 g/mol. The summed E-state index contributed by atoms with van der Waals surface area (Å²) >= 11 is 1.60. The minimum Gasteiger partial charge on any atom is -0.354 e. The Kier molecular flexibility index (Phi) is 10.6. The zero-order valence-corrected chi connectivity index (χ0v) is 22.7. The molecule has 0 heterocycles. The van der Waals surface area contributed by atoms with Crippen LogP contribution in [-0.4, -0.2) is 35.1 Å². The van der Waals surface area contributed by atoms with E-state index < -0.39 is 6.04 Å². The number of carbonyl (C=O) groups excluding carboxylic acids is 2. The number of hydrogen-bond donors (Lipinski definition) is 1. The number of rotatable bonds is 12. The third kappa shape index (κ3) is 8.56. The van der Waals surface area contributed by atoms with Crippen LogP contribution < -0.4 is 5.32 Å². The molecule has 1 N–H and O–H groups in total. The van der Waals surface area contributed by atoms with Crippen molar-refractivity contribution in [1.82, 2.24) is 10.2 Å². The quantitative estimate of drug-likeness (QED) is 0.333. The van der Waals surface area contributed by atoms with Crippen molar-refractivity contribution >= 4 is 23.6 Å². The Labute approximate surface area is 220 Å². The smallest absolute Gasteiger partial charge is 0.243 e. The van der Waals surface area contributed by atoms with E-state index in [1.165, 1.54) is 11.1 Å². The van der Waals surface area contributed by atoms with E-state index >= 15 is 0 Å². The summed E-state index contributed by atoms with van der Waals surface area (Å²) in [6.07, 6.45) is 0.477. The van der Waals surface area contributed by atoms with Gasteiger partial charge in [0.15, 0.2) is 0 Å². The van der Waals surface area contributed by atoms with E-state index in [0.717, 1.165) is 22.4 Å². The third-order valence-electron chi connectivity index (χ3n) is 6.14. The lowest BCUT2D eigenvalue weighted by Gasteiger charge is -2.32. The Bertz CT molecular complexity index is 1130. The molecule has 0 saturated heterocycles. The van der Waals surface area contributed by atoms with Gasteiger partial charge < -0.3 is 10.2 Å². The van der Waals surface area contributed by atoms with Crippen molar-refractivity contribution < 1.29 is 9.59 Å². The van der Waals surface area contributed by atoms with Crippen LogP contribution in [0.2, 0.25) is 0 Å². The lowest BCUT2D eigenvalue weighted by atomic mass is 10.0. The summed E-state index contributed by atoms with van der Waals surface area (Å²) in [4.78, 5) is 29.0. The molecule has 3 aromatic rings. The van der Waals surface area contributed by atoms with Crippen molar-refractivity contribution in [3.63, 3.8) is 0 Å². The van der Waals surface area contributed by atoms with E-state index in [1.54, 1.807) is 16.7 Å². The van der Waals surface area contributed by atoms with Gasteiger partial charge in [-0.15, -0.1) is 11.8 Å². The Morgan fingerprint density at radius 2 is 1.58 bits per heavy atom. The molecule has 0 aliphatic carbocycles. The maximum absolute atomic E-state index is 13.7. The number of aryl methyl sites for hydroxylation is 2. The van der Waals surface area contributed by atoms with Crippen LogP contribution in [0.25, 0.3) is 0 Å². The van der Waals surface area contributed by atoms with E-state index in [1.807, 2.05) is 67.6 Å². The highest BCUT2D eigenvalue weighted by Gasteiger charge is 2.30. The van der Waals surface area contributed by atoms with E-state index in [2.05, 4.69) is 44.3 Å². The molecular formula is C31H38N2O2S. The van der Waals surface area contributed by atoms with Crippen LogP contribution in [0.1, 0.15) is 41.7 Å². The predicted octanol–water partition coefficient (Wildman–Crippen LogP) is 5.95. The van der Waals surface area contributed by atoms with Gasteiger partial charge >= 0.3 is 0 Å². The van der Waals surface area contributed by atoms with Crippen molar-refractivity contribution in [2.75, 3.05) is 12.3 Å². The SMILES string of the molecule is Cc1cccc(CN(C(=O)CSCc2ccccc2C)[C@@H](Cc2ccccc2)C(=O)NCC(C)C)c1. The van der Waals surface area contributed by atoms with Gasteiger partial charge in [0.25, 0.3) is 0 Å². The number of nitrogens with zero attached hydrogens (tertiary/aromatic N) is 1. The molecular weight excluding hydrogens is 464 g/mol. The van der Waals surface area contributed by atoms with Crippen molar-refractivity contribution in [3.05, 3.63) is 107 Å². The summed E-state index contributed by atoms with van der Waals surface area (Å²) in [5, 5.41) is 3.08. The fraction of sp³-hybridized carbons (Fsp3) is 0.355. The summed E-state index contributed by atoms with van der Waals surface area (Å²) in [7, 11) is 0. The average Bonchev–Trinajstić information content (AvgIpc) is 2.86. The van der Waals surface area contributed by atoms with Gasteiger partial charge in [-0.3, -0.25) is 9.59 Å². The second-order valence-corrected chi connectivity index (χ2v) is 10.8. The molecule has 0 fully saturated rings. The van der Waals surface area contributed by atoms with Crippen LogP contribution in [0.5, 0.6) is 0 Å². The van der Waals surface area contributed by atoms with Crippen LogP contribution in [0.15, 0.2) is 78.9 Å². The van der Waals surface area contributed by atoms with Crippen molar-refractivity contribution in [2.45, 2.75) is 52.5 Å². The predicted molar refractivity (Wildman–Crippen MR) is 151 cm³/mol. The fourth-order valence-corrected chi connectivity index (χ4v) is 5.07. The summed E-state index contributed by atoms with van der Waals surface area (Å²) in [6, 6.07) is 25.8. The molecule has 0 aromatic heterocycles. The molecule has 0 aliphatic rings. The Morgan fingerprint density at radius 1 is 0.889 bits per heavy atom. The maximum Gasteiger partial charge on any atom is 0.243 e. The summed E-state index contributed by atoms with van der Waals surface area (Å²) in [5.74, 6) is 1.30. The first-order chi connectivity index (χ1) is 17.3. The fourth-order valence-electron chi connectivity index (χ4n) is 4.09. The van der Waals surface area contributed by atoms with E-state index in [-0.39, 0.29) is 11.8 Å². The Morgan fingerprint density at radius 3 is 2.28 bits per heavy atom. The van der Waals surface area contributed by atoms with Gasteiger partial charge in [0.1, 0.15) is 6.04 Å². The lowest BCUT2D eigenvalue weighted by Crippen LogP contribution is -2.51. The minimum absolute atomic E-state index is 0.0179. The zero-order valence-electron chi connectivity index (χ0n) is 21.9. The molecule has 0 aliphatic heterocycles. The van der Waals surface area contributed by atoms with Crippen molar-refractivity contribution in [2.24, 2.45) is 5.92 Å². The molecule has 4 nitrogen and oxygen atoms in total. The van der Waals surface area contributed by atoms with E-state index in [4.69, 9.17) is 0 Å². The van der Waals surface area contributed by atoms with Crippen molar-refractivity contribution in [3.8, 4) is 0 Å². The first-order valence-corrected chi connectivity index (χ1v) is 13.8. The number of nitrogens with one attached hydrogen (secondary N) is 1. The first-order valence-electron chi connectivity index (χ1n) is 12.6. The van der Waals surface area contributed by atoms with Crippen molar-refractivity contribution in [1.29, 1.82) is 0 Å². The number of amides is 2. The van der Waals surface area contributed by atoms with Crippen LogP contribution in [0.3, 0.4) is 0 Å². The number of hydrogen-bond acceptors (Lipinski definition) is 3. The Hall–Kier alpha value is -3.05. The second-order valence-electron chi connectivity index (χ2n) is 9.77. The summed E-state index contributed by atoms with van der Waals surface area (Å²) in [6.45, 7) is 9.27. The molecule has 2 amide bonds. The lowest BCUT2D eigenvalue weighted by molar-refractivity contribution is -0.139. The van der Waals surface area contributed by atoms with E-state index in [9.17, 15) is 9.59 Å². The van der Waals surface area contributed by atoms with Gasteiger partial charge in [-0.05, 0) is 42.0 Å². The van der Waals surface area contributed by atoms with Gasteiger partial charge in [0.05, 0.1) is 5.75 Å². The zero-order chi connectivity index (χ0) is 25.9. The molecule has 190 valence electrons. The first kappa shape index (κ1) is 27.5. The normalized spacial score (nSPS) is 11.8. The molecule has 0 spiro atoms. The molecule has 5 heteroatoms. The molecule has 0 unspecified atom stereocenters. The largest absolute Gasteiger partial charge is 0.354 e.